The molecule has 3 aromatic carbocycles. The van der Waals surface area contributed by atoms with Crippen molar-refractivity contribution in [2.24, 2.45) is 0 Å². The molecule has 3 heteroatoms. The van der Waals surface area contributed by atoms with E-state index >= 15 is 0 Å². The van der Waals surface area contributed by atoms with Gasteiger partial charge in [-0.2, -0.15) is 0 Å². The first kappa shape index (κ1) is 17.6. The van der Waals surface area contributed by atoms with E-state index in [-0.39, 0.29) is 27.9 Å². The van der Waals surface area contributed by atoms with E-state index in [1.54, 1.807) is 0 Å². The first-order chi connectivity index (χ1) is 10.7. The van der Waals surface area contributed by atoms with Crippen LogP contribution in [0.3, 0.4) is 0 Å². The summed E-state index contributed by atoms with van der Waals surface area (Å²) >= 11 is 0. The Balaban J connectivity index is 0.00000192. The Bertz CT molecular complexity index is 710. The second-order valence-electron chi connectivity index (χ2n) is 5.34. The fourth-order valence-electron chi connectivity index (χ4n) is 2.56. The lowest BCUT2D eigenvalue weighted by Crippen LogP contribution is -3.00. The first-order valence-electron chi connectivity index (χ1n) is 7.31. The van der Waals surface area contributed by atoms with Crippen molar-refractivity contribution in [1.82, 2.24) is 0 Å². The summed E-state index contributed by atoms with van der Waals surface area (Å²) in [4.78, 5) is 3.82. The van der Waals surface area contributed by atoms with Gasteiger partial charge in [0, 0.05) is 12.1 Å². The van der Waals surface area contributed by atoms with Gasteiger partial charge >= 0.3 is 0 Å². The molecule has 0 aliphatic carbocycles. The van der Waals surface area contributed by atoms with Gasteiger partial charge < -0.3 is 22.1 Å². The van der Waals surface area contributed by atoms with Crippen molar-refractivity contribution >= 4 is 10.9 Å². The van der Waals surface area contributed by atoms with Gasteiger partial charge in [0.05, 0.1) is 10.9 Å². The molecule has 0 spiro atoms. The molecule has 3 rings (SSSR count). The Kier molecular flexibility index (Phi) is 5.91. The molecule has 0 saturated carbocycles. The summed E-state index contributed by atoms with van der Waals surface area (Å²) in [6.07, 6.45) is 0. The zero-order valence-corrected chi connectivity index (χ0v) is 15.6. The second kappa shape index (κ2) is 7.71. The van der Waals surface area contributed by atoms with Gasteiger partial charge in [0.25, 0.3) is 0 Å². The van der Waals surface area contributed by atoms with Crippen LogP contribution in [0.4, 0.5) is 0 Å². The van der Waals surface area contributed by atoms with Crippen LogP contribution >= 0.6 is 0 Å². The van der Waals surface area contributed by atoms with Crippen molar-refractivity contribution in [3.8, 4) is 5.75 Å². The summed E-state index contributed by atoms with van der Waals surface area (Å²) in [5, 5.41) is 10.1. The lowest BCUT2D eigenvalue weighted by atomic mass is 10.1. The summed E-state index contributed by atoms with van der Waals surface area (Å²) in [6.45, 7) is 3.92. The quantitative estimate of drug-likeness (QED) is 0.683. The van der Waals surface area contributed by atoms with E-state index in [0.717, 1.165) is 11.1 Å². The van der Waals surface area contributed by atoms with Crippen LogP contribution < -0.4 is 17.0 Å². The minimum Gasteiger partial charge on any atom is -1.00 e. The number of phenolic OH excluding ortho intramolecular Hbond substituents is 1. The molecule has 0 aromatic heterocycles. The fraction of sp³-hybridized carbons (Fsp3) is 0.100. The van der Waals surface area contributed by atoms with Gasteiger partial charge in [-0.05, 0) is 49.2 Å². The average molecular weight is 387 g/mol. The molecule has 0 radical (unpaired) electrons. The van der Waals surface area contributed by atoms with E-state index < -0.39 is 0 Å². The number of halogens is 1. The standard InChI is InChI=1S/C20H18OS.BrH/c1-15-13-19(14-16(2)20(15)21)22(17-9-5-3-6-10-17)18-11-7-4-8-12-18;/h3-14H,1-2H3;1H. The fourth-order valence-corrected chi connectivity index (χ4v) is 4.82. The van der Waals surface area contributed by atoms with Crippen molar-refractivity contribution in [2.75, 3.05) is 0 Å². The Morgan fingerprint density at radius 2 is 1.04 bits per heavy atom. The third-order valence-corrected chi connectivity index (χ3v) is 5.85. The maximum atomic E-state index is 10.1. The molecule has 1 nitrogen and oxygen atoms in total. The maximum Gasteiger partial charge on any atom is 0.167 e. The highest BCUT2D eigenvalue weighted by Crippen LogP contribution is 2.34. The lowest BCUT2D eigenvalue weighted by Gasteiger charge is -2.10. The van der Waals surface area contributed by atoms with Gasteiger partial charge in [-0.1, -0.05) is 36.4 Å². The van der Waals surface area contributed by atoms with Crippen LogP contribution in [0.25, 0.3) is 0 Å². The maximum absolute atomic E-state index is 10.1. The van der Waals surface area contributed by atoms with Crippen molar-refractivity contribution in [3.05, 3.63) is 83.9 Å². The van der Waals surface area contributed by atoms with Crippen LogP contribution in [0.15, 0.2) is 87.5 Å². The smallest absolute Gasteiger partial charge is 0.167 e. The van der Waals surface area contributed by atoms with Gasteiger partial charge in [0.2, 0.25) is 0 Å². The van der Waals surface area contributed by atoms with Gasteiger partial charge in [0.1, 0.15) is 5.75 Å². The largest absolute Gasteiger partial charge is 1.00 e. The number of hydrogen-bond donors (Lipinski definition) is 1. The van der Waals surface area contributed by atoms with Gasteiger partial charge in [-0.3, -0.25) is 0 Å². The Morgan fingerprint density at radius 3 is 1.43 bits per heavy atom. The highest BCUT2D eigenvalue weighted by Gasteiger charge is 2.29. The van der Waals surface area contributed by atoms with Crippen LogP contribution in [0, 0.1) is 13.8 Å². The number of benzene rings is 3. The molecular formula is C20H19BrOS. The van der Waals surface area contributed by atoms with Gasteiger partial charge in [0.15, 0.2) is 14.7 Å². The Hall–Kier alpha value is -1.71. The molecule has 0 heterocycles. The zero-order chi connectivity index (χ0) is 15.5. The van der Waals surface area contributed by atoms with E-state index in [9.17, 15) is 5.11 Å². The van der Waals surface area contributed by atoms with E-state index in [0.29, 0.717) is 5.75 Å². The summed E-state index contributed by atoms with van der Waals surface area (Å²) in [5.41, 5.74) is 1.86. The summed E-state index contributed by atoms with van der Waals surface area (Å²) in [6, 6.07) is 25.3. The van der Waals surface area contributed by atoms with Crippen molar-refractivity contribution < 1.29 is 22.1 Å². The lowest BCUT2D eigenvalue weighted by molar-refractivity contribution is -0.00000540. The van der Waals surface area contributed by atoms with E-state index in [2.05, 4.69) is 60.7 Å². The Morgan fingerprint density at radius 1 is 0.652 bits per heavy atom. The van der Waals surface area contributed by atoms with Crippen LogP contribution in [0.1, 0.15) is 11.1 Å². The predicted molar refractivity (Wildman–Crippen MR) is 92.6 cm³/mol. The van der Waals surface area contributed by atoms with Crippen LogP contribution in [-0.4, -0.2) is 5.11 Å². The molecule has 0 unspecified atom stereocenters. The van der Waals surface area contributed by atoms with Gasteiger partial charge in [-0.15, -0.1) is 0 Å². The monoisotopic (exact) mass is 386 g/mol. The minimum atomic E-state index is -0.155. The summed E-state index contributed by atoms with van der Waals surface area (Å²) in [5.74, 6) is 0.397. The molecule has 1 N–H and O–H groups in total. The number of hydrogen-bond acceptors (Lipinski definition) is 1. The number of aromatic hydroxyl groups is 1. The van der Waals surface area contributed by atoms with Crippen molar-refractivity contribution in [3.63, 3.8) is 0 Å². The molecule has 0 aliphatic rings. The molecule has 0 atom stereocenters. The van der Waals surface area contributed by atoms with E-state index in [1.165, 1.54) is 14.7 Å². The van der Waals surface area contributed by atoms with Crippen LogP contribution in [0.2, 0.25) is 0 Å². The second-order valence-corrected chi connectivity index (χ2v) is 7.36. The van der Waals surface area contributed by atoms with Crippen molar-refractivity contribution in [1.29, 1.82) is 0 Å². The highest BCUT2D eigenvalue weighted by atomic mass is 79.9. The van der Waals surface area contributed by atoms with Crippen LogP contribution in [0.5, 0.6) is 5.75 Å². The molecule has 3 aromatic rings. The molecule has 0 saturated heterocycles. The summed E-state index contributed by atoms with van der Waals surface area (Å²) in [7, 11) is -0.155. The average Bonchev–Trinajstić information content (AvgIpc) is 2.55. The molecular weight excluding hydrogens is 368 g/mol. The number of aryl methyl sites for hydroxylation is 2. The topological polar surface area (TPSA) is 20.2 Å². The zero-order valence-electron chi connectivity index (χ0n) is 13.2. The number of rotatable bonds is 3. The van der Waals surface area contributed by atoms with Crippen LogP contribution in [-0.2, 0) is 10.9 Å². The molecule has 0 bridgehead atoms. The third-order valence-electron chi connectivity index (χ3n) is 3.66. The molecule has 0 aliphatic heterocycles. The molecule has 0 amide bonds. The summed E-state index contributed by atoms with van der Waals surface area (Å²) < 4.78 is 0. The Labute approximate surface area is 151 Å². The van der Waals surface area contributed by atoms with Gasteiger partial charge in [-0.25, -0.2) is 0 Å². The number of phenols is 1. The van der Waals surface area contributed by atoms with E-state index in [1.807, 2.05) is 26.0 Å². The third kappa shape index (κ3) is 3.80. The van der Waals surface area contributed by atoms with E-state index in [4.69, 9.17) is 0 Å². The van der Waals surface area contributed by atoms with Crippen molar-refractivity contribution in [2.45, 2.75) is 28.5 Å². The molecule has 23 heavy (non-hydrogen) atoms. The minimum absolute atomic E-state index is 0. The normalized spacial score (nSPS) is 10.4. The SMILES string of the molecule is Cc1cc([S+](c2ccccc2)c2ccccc2)cc(C)c1O.[Br-]. The molecule has 0 fully saturated rings. The first-order valence-corrected chi connectivity index (χ1v) is 8.54. The predicted octanol–water partition coefficient (Wildman–Crippen LogP) is 2.11. The molecule has 118 valence electrons. The highest BCUT2D eigenvalue weighted by molar-refractivity contribution is 7.97.